The van der Waals surface area contributed by atoms with Gasteiger partial charge in [-0.15, -0.1) is 0 Å². The van der Waals surface area contributed by atoms with Crippen molar-refractivity contribution in [3.8, 4) is 0 Å². The fourth-order valence-electron chi connectivity index (χ4n) is 2.71. The Labute approximate surface area is 140 Å². The van der Waals surface area contributed by atoms with Crippen LogP contribution in [-0.2, 0) is 20.7 Å². The standard InChI is InChI=1S/C18H23FN2O3/c1-12-14(15-10-13(19)7-8-16(15)21-12)11-17(22)20-9-5-3-4-6-18(23)24-2/h7-8,10,21H,3-6,9,11H2,1-2H3,(H,20,22). The molecule has 0 unspecified atom stereocenters. The number of aromatic nitrogens is 1. The lowest BCUT2D eigenvalue weighted by Crippen LogP contribution is -2.26. The van der Waals surface area contributed by atoms with Crippen molar-refractivity contribution >= 4 is 22.8 Å². The number of rotatable bonds is 8. The Hall–Kier alpha value is -2.37. The molecule has 130 valence electrons. The summed E-state index contributed by atoms with van der Waals surface area (Å²) in [6.45, 7) is 2.45. The lowest BCUT2D eigenvalue weighted by molar-refractivity contribution is -0.140. The number of carbonyl (C=O) groups excluding carboxylic acids is 2. The van der Waals surface area contributed by atoms with Crippen LogP contribution in [0.15, 0.2) is 18.2 Å². The highest BCUT2D eigenvalue weighted by atomic mass is 19.1. The molecule has 1 amide bonds. The van der Waals surface area contributed by atoms with Crippen LogP contribution in [-0.4, -0.2) is 30.5 Å². The van der Waals surface area contributed by atoms with E-state index >= 15 is 0 Å². The van der Waals surface area contributed by atoms with Gasteiger partial charge in [-0.3, -0.25) is 9.59 Å². The maximum atomic E-state index is 13.4. The Morgan fingerprint density at radius 2 is 2.04 bits per heavy atom. The molecule has 6 heteroatoms. The first-order chi connectivity index (χ1) is 11.5. The normalized spacial score (nSPS) is 10.8. The summed E-state index contributed by atoms with van der Waals surface area (Å²) in [6.07, 6.45) is 3.04. The summed E-state index contributed by atoms with van der Waals surface area (Å²) in [7, 11) is 1.38. The molecular formula is C18H23FN2O3. The molecule has 0 aliphatic rings. The first kappa shape index (κ1) is 18.0. The van der Waals surface area contributed by atoms with Gasteiger partial charge in [-0.25, -0.2) is 4.39 Å². The number of methoxy groups -OCH3 is 1. The molecule has 0 fully saturated rings. The van der Waals surface area contributed by atoms with E-state index in [2.05, 4.69) is 15.0 Å². The van der Waals surface area contributed by atoms with Crippen LogP contribution < -0.4 is 5.32 Å². The number of esters is 1. The molecule has 0 spiro atoms. The van der Waals surface area contributed by atoms with Gasteiger partial charge in [0.05, 0.1) is 13.5 Å². The number of hydrogen-bond donors (Lipinski definition) is 2. The monoisotopic (exact) mass is 334 g/mol. The zero-order valence-electron chi connectivity index (χ0n) is 14.1. The van der Waals surface area contributed by atoms with E-state index in [1.807, 2.05) is 6.92 Å². The SMILES string of the molecule is COC(=O)CCCCCNC(=O)Cc1c(C)[nH]c2ccc(F)cc12. The fourth-order valence-corrected chi connectivity index (χ4v) is 2.71. The van der Waals surface area contributed by atoms with Crippen LogP contribution in [0.4, 0.5) is 4.39 Å². The van der Waals surface area contributed by atoms with E-state index in [9.17, 15) is 14.0 Å². The summed E-state index contributed by atoms with van der Waals surface area (Å²) in [6, 6.07) is 4.53. The summed E-state index contributed by atoms with van der Waals surface area (Å²) in [4.78, 5) is 26.2. The molecular weight excluding hydrogens is 311 g/mol. The third-order valence-electron chi connectivity index (χ3n) is 4.03. The number of halogens is 1. The molecule has 5 nitrogen and oxygen atoms in total. The highest BCUT2D eigenvalue weighted by Gasteiger charge is 2.13. The summed E-state index contributed by atoms with van der Waals surface area (Å²) in [5.41, 5.74) is 2.54. The smallest absolute Gasteiger partial charge is 0.305 e. The Morgan fingerprint density at radius 3 is 2.79 bits per heavy atom. The average molecular weight is 334 g/mol. The Bertz CT molecular complexity index is 724. The van der Waals surface area contributed by atoms with E-state index in [0.717, 1.165) is 41.4 Å². The minimum Gasteiger partial charge on any atom is -0.469 e. The third kappa shape index (κ3) is 4.81. The fraction of sp³-hybridized carbons (Fsp3) is 0.444. The van der Waals surface area contributed by atoms with Crippen molar-refractivity contribution in [1.29, 1.82) is 0 Å². The highest BCUT2D eigenvalue weighted by Crippen LogP contribution is 2.23. The molecule has 24 heavy (non-hydrogen) atoms. The predicted octanol–water partition coefficient (Wildman–Crippen LogP) is 3.01. The number of H-pyrrole nitrogens is 1. The molecule has 2 aromatic rings. The number of aryl methyl sites for hydroxylation is 1. The van der Waals surface area contributed by atoms with Crippen LogP contribution in [0.2, 0.25) is 0 Å². The zero-order valence-corrected chi connectivity index (χ0v) is 14.1. The van der Waals surface area contributed by atoms with Gasteiger partial charge in [0.25, 0.3) is 0 Å². The number of unbranched alkanes of at least 4 members (excludes halogenated alkanes) is 2. The van der Waals surface area contributed by atoms with Crippen molar-refractivity contribution in [3.05, 3.63) is 35.3 Å². The number of amides is 1. The predicted molar refractivity (Wildman–Crippen MR) is 90.2 cm³/mol. The lowest BCUT2D eigenvalue weighted by atomic mass is 10.1. The van der Waals surface area contributed by atoms with E-state index in [4.69, 9.17) is 0 Å². The van der Waals surface area contributed by atoms with E-state index in [0.29, 0.717) is 13.0 Å². The van der Waals surface area contributed by atoms with Crippen molar-refractivity contribution < 1.29 is 18.7 Å². The van der Waals surface area contributed by atoms with Gasteiger partial charge < -0.3 is 15.0 Å². The van der Waals surface area contributed by atoms with Gasteiger partial charge in [0.2, 0.25) is 5.91 Å². The molecule has 2 rings (SSSR count). The van der Waals surface area contributed by atoms with E-state index in [1.165, 1.54) is 19.2 Å². The minimum absolute atomic E-state index is 0.0868. The van der Waals surface area contributed by atoms with Gasteiger partial charge >= 0.3 is 5.97 Å². The summed E-state index contributed by atoms with van der Waals surface area (Å²) in [5.74, 6) is -0.605. The number of carbonyl (C=O) groups is 2. The Balaban J connectivity index is 1.80. The highest BCUT2D eigenvalue weighted by molar-refractivity contribution is 5.90. The molecule has 0 radical (unpaired) electrons. The van der Waals surface area contributed by atoms with Gasteiger partial charge in [-0.05, 0) is 43.5 Å². The third-order valence-corrected chi connectivity index (χ3v) is 4.03. The molecule has 1 aromatic heterocycles. The molecule has 1 aromatic carbocycles. The van der Waals surface area contributed by atoms with Crippen LogP contribution in [0.1, 0.15) is 36.9 Å². The number of aromatic amines is 1. The van der Waals surface area contributed by atoms with Crippen molar-refractivity contribution in [3.63, 3.8) is 0 Å². The first-order valence-corrected chi connectivity index (χ1v) is 8.11. The second-order valence-electron chi connectivity index (χ2n) is 5.83. The topological polar surface area (TPSA) is 71.2 Å². The summed E-state index contributed by atoms with van der Waals surface area (Å²) < 4.78 is 18.0. The summed E-state index contributed by atoms with van der Waals surface area (Å²) in [5, 5.41) is 3.62. The lowest BCUT2D eigenvalue weighted by Gasteiger charge is -2.06. The maximum Gasteiger partial charge on any atom is 0.305 e. The second kappa shape index (κ2) is 8.47. The number of ether oxygens (including phenoxy) is 1. The number of benzene rings is 1. The van der Waals surface area contributed by atoms with Crippen LogP contribution in [0.3, 0.4) is 0 Å². The minimum atomic E-state index is -0.311. The Kier molecular flexibility index (Phi) is 6.35. The first-order valence-electron chi connectivity index (χ1n) is 8.11. The number of nitrogens with one attached hydrogen (secondary N) is 2. The van der Waals surface area contributed by atoms with Gasteiger partial charge in [-0.2, -0.15) is 0 Å². The molecule has 1 heterocycles. The number of fused-ring (bicyclic) bond motifs is 1. The molecule has 2 N–H and O–H groups in total. The number of hydrogen-bond acceptors (Lipinski definition) is 3. The van der Waals surface area contributed by atoms with Crippen LogP contribution in [0, 0.1) is 12.7 Å². The van der Waals surface area contributed by atoms with Crippen LogP contribution >= 0.6 is 0 Å². The van der Waals surface area contributed by atoms with Crippen LogP contribution in [0.5, 0.6) is 0 Å². The second-order valence-corrected chi connectivity index (χ2v) is 5.83. The quantitative estimate of drug-likeness (QED) is 0.576. The van der Waals surface area contributed by atoms with Gasteiger partial charge in [0, 0.05) is 29.6 Å². The van der Waals surface area contributed by atoms with Gasteiger partial charge in [-0.1, -0.05) is 6.42 Å². The van der Waals surface area contributed by atoms with Crippen molar-refractivity contribution in [1.82, 2.24) is 10.3 Å². The molecule has 0 aliphatic carbocycles. The van der Waals surface area contributed by atoms with Crippen molar-refractivity contribution in [2.45, 2.75) is 39.0 Å². The van der Waals surface area contributed by atoms with Gasteiger partial charge in [0.1, 0.15) is 5.82 Å². The summed E-state index contributed by atoms with van der Waals surface area (Å²) >= 11 is 0. The molecule has 0 saturated heterocycles. The van der Waals surface area contributed by atoms with E-state index in [-0.39, 0.29) is 24.1 Å². The Morgan fingerprint density at radius 1 is 1.25 bits per heavy atom. The van der Waals surface area contributed by atoms with Crippen molar-refractivity contribution in [2.24, 2.45) is 0 Å². The van der Waals surface area contributed by atoms with E-state index in [1.54, 1.807) is 6.07 Å². The van der Waals surface area contributed by atoms with Crippen LogP contribution in [0.25, 0.3) is 10.9 Å². The molecule has 0 atom stereocenters. The average Bonchev–Trinajstić information content (AvgIpc) is 2.86. The van der Waals surface area contributed by atoms with Gasteiger partial charge in [0.15, 0.2) is 0 Å². The van der Waals surface area contributed by atoms with Crippen molar-refractivity contribution in [2.75, 3.05) is 13.7 Å². The molecule has 0 saturated carbocycles. The van der Waals surface area contributed by atoms with E-state index < -0.39 is 0 Å². The zero-order chi connectivity index (χ0) is 17.5. The molecule has 0 bridgehead atoms. The molecule has 0 aliphatic heterocycles. The largest absolute Gasteiger partial charge is 0.469 e. The maximum absolute atomic E-state index is 13.4.